The fourth-order valence-corrected chi connectivity index (χ4v) is 2.11. The van der Waals surface area contributed by atoms with E-state index < -0.39 is 15.1 Å². The molecule has 0 saturated heterocycles. The van der Waals surface area contributed by atoms with E-state index in [0.717, 1.165) is 6.26 Å². The largest absolute Gasteiger partial charge is 0.309 e. The average Bonchev–Trinajstić information content (AvgIpc) is 2.63. The number of sulfone groups is 1. The smallest absolute Gasteiger partial charge is 0.255 e. The summed E-state index contributed by atoms with van der Waals surface area (Å²) >= 11 is 0. The van der Waals surface area contributed by atoms with Crippen LogP contribution in [0.4, 0.5) is 0 Å². The summed E-state index contributed by atoms with van der Waals surface area (Å²) in [6.07, 6.45) is 1.13. The minimum atomic E-state index is -3.24. The molecule has 6 nitrogen and oxygen atoms in total. The first kappa shape index (κ1) is 11.3. The van der Waals surface area contributed by atoms with E-state index in [1.165, 1.54) is 6.92 Å². The van der Waals surface area contributed by atoms with Crippen molar-refractivity contribution in [3.63, 3.8) is 0 Å². The predicted octanol–water partition coefficient (Wildman–Crippen LogP) is -0.521. The maximum absolute atomic E-state index is 11.6. The van der Waals surface area contributed by atoms with E-state index in [-0.39, 0.29) is 11.4 Å². The van der Waals surface area contributed by atoms with Gasteiger partial charge in [-0.3, -0.25) is 4.79 Å². The first-order valence-electron chi connectivity index (χ1n) is 4.91. The number of hydrogen-bond acceptors (Lipinski definition) is 5. The van der Waals surface area contributed by atoms with Crippen LogP contribution in [0.2, 0.25) is 0 Å². The summed E-state index contributed by atoms with van der Waals surface area (Å²) in [5.41, 5.74) is 0.999. The number of rotatable bonds is 2. The molecular formula is C9H13N3O3S. The Labute approximate surface area is 93.0 Å². The van der Waals surface area contributed by atoms with Crippen molar-refractivity contribution in [2.75, 3.05) is 6.26 Å². The molecule has 0 bridgehead atoms. The molecule has 1 aliphatic rings. The van der Waals surface area contributed by atoms with Crippen LogP contribution in [0.1, 0.15) is 29.3 Å². The minimum absolute atomic E-state index is 0.218. The number of H-pyrrole nitrogens is 1. The quantitative estimate of drug-likeness (QED) is 0.729. The van der Waals surface area contributed by atoms with Gasteiger partial charge in [-0.1, -0.05) is 0 Å². The number of nitrogens with one attached hydrogen (secondary N) is 2. The third-order valence-corrected chi connectivity index (χ3v) is 4.25. The van der Waals surface area contributed by atoms with Crippen molar-refractivity contribution in [3.8, 4) is 0 Å². The van der Waals surface area contributed by atoms with Gasteiger partial charge in [0, 0.05) is 19.3 Å². The highest BCUT2D eigenvalue weighted by atomic mass is 32.2. The molecule has 16 heavy (non-hydrogen) atoms. The van der Waals surface area contributed by atoms with Crippen molar-refractivity contribution in [2.24, 2.45) is 0 Å². The second kappa shape index (κ2) is 3.67. The fraction of sp³-hybridized carbons (Fsp3) is 0.556. The Kier molecular flexibility index (Phi) is 2.59. The Bertz CT molecular complexity index is 576. The summed E-state index contributed by atoms with van der Waals surface area (Å²) in [5.74, 6) is 0.218. The highest BCUT2D eigenvalue weighted by Gasteiger charge is 2.23. The van der Waals surface area contributed by atoms with Crippen LogP contribution in [0.25, 0.3) is 0 Å². The van der Waals surface area contributed by atoms with Crippen molar-refractivity contribution in [1.29, 1.82) is 0 Å². The van der Waals surface area contributed by atoms with Crippen LogP contribution in [0.15, 0.2) is 4.79 Å². The molecular weight excluding hydrogens is 230 g/mol. The van der Waals surface area contributed by atoms with Crippen LogP contribution in [0.5, 0.6) is 0 Å². The van der Waals surface area contributed by atoms with Crippen molar-refractivity contribution < 1.29 is 8.42 Å². The summed E-state index contributed by atoms with van der Waals surface area (Å²) in [7, 11) is -3.24. The Morgan fingerprint density at radius 1 is 1.38 bits per heavy atom. The molecule has 0 saturated carbocycles. The Hall–Kier alpha value is -1.21. The molecule has 1 unspecified atom stereocenters. The summed E-state index contributed by atoms with van der Waals surface area (Å²) in [5, 5.41) is 2.22. The second-order valence-corrected chi connectivity index (χ2v) is 6.32. The average molecular weight is 243 g/mol. The zero-order valence-corrected chi connectivity index (χ0v) is 9.89. The van der Waals surface area contributed by atoms with Gasteiger partial charge >= 0.3 is 0 Å². The summed E-state index contributed by atoms with van der Waals surface area (Å²) in [4.78, 5) is 18.3. The maximum Gasteiger partial charge on any atom is 0.255 e. The highest BCUT2D eigenvalue weighted by molar-refractivity contribution is 7.90. The van der Waals surface area contributed by atoms with Gasteiger partial charge in [0.05, 0.1) is 11.3 Å². The van der Waals surface area contributed by atoms with Gasteiger partial charge in [-0.2, -0.15) is 0 Å². The lowest BCUT2D eigenvalue weighted by Crippen LogP contribution is -2.21. The molecule has 0 amide bonds. The Balaban J connectivity index is 2.53. The molecule has 1 aliphatic heterocycles. The topological polar surface area (TPSA) is 91.9 Å². The van der Waals surface area contributed by atoms with E-state index in [1.54, 1.807) is 0 Å². The predicted molar refractivity (Wildman–Crippen MR) is 58.7 cm³/mol. The Morgan fingerprint density at radius 3 is 2.69 bits per heavy atom. The molecule has 0 aliphatic carbocycles. The van der Waals surface area contributed by atoms with E-state index in [0.29, 0.717) is 24.3 Å². The van der Waals surface area contributed by atoms with E-state index in [4.69, 9.17) is 0 Å². The van der Waals surface area contributed by atoms with Gasteiger partial charge in [-0.25, -0.2) is 13.4 Å². The lowest BCUT2D eigenvalue weighted by Gasteiger charge is -2.09. The van der Waals surface area contributed by atoms with Gasteiger partial charge in [-0.15, -0.1) is 0 Å². The number of hydrogen-bond donors (Lipinski definition) is 2. The molecule has 1 atom stereocenters. The van der Waals surface area contributed by atoms with E-state index in [9.17, 15) is 13.2 Å². The second-order valence-electron chi connectivity index (χ2n) is 3.95. The normalized spacial score (nSPS) is 17.1. The van der Waals surface area contributed by atoms with Crippen LogP contribution >= 0.6 is 0 Å². The molecule has 1 aromatic heterocycles. The first-order chi connectivity index (χ1) is 7.39. The zero-order valence-electron chi connectivity index (χ0n) is 9.07. The van der Waals surface area contributed by atoms with Crippen molar-refractivity contribution in [2.45, 2.75) is 25.3 Å². The van der Waals surface area contributed by atoms with Crippen molar-refractivity contribution >= 4 is 9.84 Å². The van der Waals surface area contributed by atoms with Crippen LogP contribution in [-0.4, -0.2) is 24.6 Å². The lowest BCUT2D eigenvalue weighted by molar-refractivity contribution is 0.588. The molecule has 0 radical (unpaired) electrons. The number of nitrogens with zero attached hydrogens (tertiary/aromatic N) is 1. The molecule has 2 rings (SSSR count). The van der Waals surface area contributed by atoms with Crippen LogP contribution in [0.3, 0.4) is 0 Å². The van der Waals surface area contributed by atoms with Crippen LogP contribution < -0.4 is 10.9 Å². The Morgan fingerprint density at radius 2 is 2.06 bits per heavy atom. The van der Waals surface area contributed by atoms with Crippen molar-refractivity contribution in [3.05, 3.63) is 27.4 Å². The van der Waals surface area contributed by atoms with Gasteiger partial charge in [0.2, 0.25) is 0 Å². The molecule has 0 fully saturated rings. The van der Waals surface area contributed by atoms with Crippen LogP contribution in [0, 0.1) is 0 Å². The van der Waals surface area contributed by atoms with Gasteiger partial charge in [0.25, 0.3) is 5.56 Å². The number of fused-ring (bicyclic) bond motifs is 1. The fourth-order valence-electron chi connectivity index (χ4n) is 1.59. The molecule has 2 heterocycles. The van der Waals surface area contributed by atoms with E-state index in [1.807, 2.05) is 0 Å². The summed E-state index contributed by atoms with van der Waals surface area (Å²) in [6, 6.07) is 0. The molecule has 88 valence electrons. The molecule has 1 aromatic rings. The number of aromatic amines is 1. The summed E-state index contributed by atoms with van der Waals surface area (Å²) < 4.78 is 22.7. The van der Waals surface area contributed by atoms with Crippen molar-refractivity contribution in [1.82, 2.24) is 15.3 Å². The molecule has 2 N–H and O–H groups in total. The lowest BCUT2D eigenvalue weighted by atomic mass is 10.2. The third kappa shape index (κ3) is 1.88. The molecule has 0 aromatic carbocycles. The van der Waals surface area contributed by atoms with Gasteiger partial charge in [0.1, 0.15) is 11.1 Å². The minimum Gasteiger partial charge on any atom is -0.309 e. The first-order valence-corrected chi connectivity index (χ1v) is 6.86. The van der Waals surface area contributed by atoms with Gasteiger partial charge < -0.3 is 10.3 Å². The SMILES string of the molecule is CC(c1nc2c(c(=O)[nH]1)CNC2)S(C)(=O)=O. The van der Waals surface area contributed by atoms with Crippen LogP contribution in [-0.2, 0) is 22.9 Å². The summed E-state index contributed by atoms with van der Waals surface area (Å²) in [6.45, 7) is 2.52. The standard InChI is InChI=1S/C9H13N3O3S/c1-5(16(2,14)15)8-11-7-4-10-3-6(7)9(13)12-8/h5,10H,3-4H2,1-2H3,(H,11,12,13). The third-order valence-electron chi connectivity index (χ3n) is 2.74. The monoisotopic (exact) mass is 243 g/mol. The van der Waals surface area contributed by atoms with E-state index >= 15 is 0 Å². The van der Waals surface area contributed by atoms with Gasteiger partial charge in [-0.05, 0) is 6.92 Å². The number of aromatic nitrogens is 2. The zero-order chi connectivity index (χ0) is 11.9. The highest BCUT2D eigenvalue weighted by Crippen LogP contribution is 2.17. The molecule has 0 spiro atoms. The van der Waals surface area contributed by atoms with E-state index in [2.05, 4.69) is 15.3 Å². The van der Waals surface area contributed by atoms with Gasteiger partial charge in [0.15, 0.2) is 9.84 Å². The molecule has 7 heteroatoms. The maximum atomic E-state index is 11.6.